The van der Waals surface area contributed by atoms with Crippen molar-refractivity contribution in [3.05, 3.63) is 41.0 Å². The van der Waals surface area contributed by atoms with Gasteiger partial charge in [-0.1, -0.05) is 0 Å². The first kappa shape index (κ1) is 14.4. The Kier molecular flexibility index (Phi) is 3.54. The number of ether oxygens (including phenoxy) is 1. The Labute approximate surface area is 119 Å². The van der Waals surface area contributed by atoms with Crippen LogP contribution in [0.25, 0.3) is 5.69 Å². The van der Waals surface area contributed by atoms with E-state index in [1.165, 1.54) is 17.9 Å². The van der Waals surface area contributed by atoms with Gasteiger partial charge in [0.25, 0.3) is 0 Å². The van der Waals surface area contributed by atoms with Crippen molar-refractivity contribution in [3.8, 4) is 17.5 Å². The zero-order valence-electron chi connectivity index (χ0n) is 11.3. The first-order valence-corrected chi connectivity index (χ1v) is 5.89. The lowest BCUT2D eigenvalue weighted by Crippen LogP contribution is -2.12. The van der Waals surface area contributed by atoms with Gasteiger partial charge in [-0.3, -0.25) is 0 Å². The monoisotopic (exact) mass is 289 g/mol. The standard InChI is InChI=1S/C14H12FN3O3/c1-7-3-9(15)11(19)4-10(7)18-6-8(5-16)12(17)13(18)14(20)21-2/h3-4,6,19H,17H2,1-2H3. The van der Waals surface area contributed by atoms with E-state index in [1.807, 2.05) is 6.07 Å². The molecule has 3 N–H and O–H groups in total. The molecule has 1 heterocycles. The van der Waals surface area contributed by atoms with Crippen LogP contribution in [0.1, 0.15) is 21.6 Å². The summed E-state index contributed by atoms with van der Waals surface area (Å²) >= 11 is 0. The van der Waals surface area contributed by atoms with Crippen molar-refractivity contribution in [2.45, 2.75) is 6.92 Å². The molecule has 1 aromatic carbocycles. The zero-order chi connectivity index (χ0) is 15.7. The molecule has 0 spiro atoms. The van der Waals surface area contributed by atoms with Crippen molar-refractivity contribution in [2.24, 2.45) is 0 Å². The SMILES string of the molecule is COC(=O)c1c(N)c(C#N)cn1-c1cc(O)c(F)cc1C. The van der Waals surface area contributed by atoms with Crippen LogP contribution in [0.2, 0.25) is 0 Å². The average molecular weight is 289 g/mol. The summed E-state index contributed by atoms with van der Waals surface area (Å²) in [5.74, 6) is -2.09. The summed E-state index contributed by atoms with van der Waals surface area (Å²) in [5, 5.41) is 18.5. The Morgan fingerprint density at radius 2 is 2.19 bits per heavy atom. The maximum absolute atomic E-state index is 13.3. The fraction of sp³-hybridized carbons (Fsp3) is 0.143. The summed E-state index contributed by atoms with van der Waals surface area (Å²) in [5.41, 5.74) is 6.54. The van der Waals surface area contributed by atoms with Gasteiger partial charge in [0, 0.05) is 12.3 Å². The topological polar surface area (TPSA) is 101 Å². The number of nitriles is 1. The summed E-state index contributed by atoms with van der Waals surface area (Å²) < 4.78 is 19.3. The molecule has 0 unspecified atom stereocenters. The molecule has 0 saturated carbocycles. The van der Waals surface area contributed by atoms with Gasteiger partial charge in [-0.2, -0.15) is 5.26 Å². The number of aromatic nitrogens is 1. The van der Waals surface area contributed by atoms with Gasteiger partial charge in [0.05, 0.1) is 24.0 Å². The smallest absolute Gasteiger partial charge is 0.357 e. The molecule has 0 aliphatic heterocycles. The van der Waals surface area contributed by atoms with Crippen LogP contribution < -0.4 is 5.73 Å². The van der Waals surface area contributed by atoms with Crippen LogP contribution in [-0.4, -0.2) is 22.8 Å². The number of halogens is 1. The number of phenolic OH excluding ortho intramolecular Hbond substituents is 1. The Morgan fingerprint density at radius 1 is 1.52 bits per heavy atom. The van der Waals surface area contributed by atoms with E-state index in [0.717, 1.165) is 12.1 Å². The number of benzene rings is 1. The second kappa shape index (κ2) is 5.17. The van der Waals surface area contributed by atoms with Crippen molar-refractivity contribution in [3.63, 3.8) is 0 Å². The van der Waals surface area contributed by atoms with Gasteiger partial charge in [0.1, 0.15) is 6.07 Å². The van der Waals surface area contributed by atoms with E-state index < -0.39 is 17.5 Å². The highest BCUT2D eigenvalue weighted by Gasteiger charge is 2.23. The Bertz CT molecular complexity index is 775. The van der Waals surface area contributed by atoms with Gasteiger partial charge in [-0.25, -0.2) is 9.18 Å². The third kappa shape index (κ3) is 2.27. The van der Waals surface area contributed by atoms with Gasteiger partial charge in [-0.15, -0.1) is 0 Å². The van der Waals surface area contributed by atoms with Gasteiger partial charge in [0.15, 0.2) is 17.3 Å². The summed E-state index contributed by atoms with van der Waals surface area (Å²) in [7, 11) is 1.18. The number of hydrogen-bond donors (Lipinski definition) is 2. The number of aryl methyl sites for hydroxylation is 1. The fourth-order valence-corrected chi connectivity index (χ4v) is 2.01. The fourth-order valence-electron chi connectivity index (χ4n) is 2.01. The molecule has 0 saturated heterocycles. The number of aromatic hydroxyl groups is 1. The summed E-state index contributed by atoms with van der Waals surface area (Å²) in [4.78, 5) is 11.9. The molecule has 2 aromatic rings. The first-order valence-electron chi connectivity index (χ1n) is 5.89. The number of hydrogen-bond acceptors (Lipinski definition) is 5. The number of nitrogen functional groups attached to an aromatic ring is 1. The normalized spacial score (nSPS) is 10.2. The highest BCUT2D eigenvalue weighted by molar-refractivity contribution is 5.96. The molecule has 7 heteroatoms. The lowest BCUT2D eigenvalue weighted by molar-refractivity contribution is 0.0593. The van der Waals surface area contributed by atoms with Crippen LogP contribution >= 0.6 is 0 Å². The van der Waals surface area contributed by atoms with E-state index >= 15 is 0 Å². The van der Waals surface area contributed by atoms with Gasteiger partial charge >= 0.3 is 5.97 Å². The van der Waals surface area contributed by atoms with Crippen LogP contribution in [0.5, 0.6) is 5.75 Å². The second-order valence-electron chi connectivity index (χ2n) is 4.37. The summed E-state index contributed by atoms with van der Waals surface area (Å²) in [6.45, 7) is 1.60. The highest BCUT2D eigenvalue weighted by atomic mass is 19.1. The van der Waals surface area contributed by atoms with E-state index in [9.17, 15) is 14.3 Å². The number of carbonyl (C=O) groups excluding carboxylic acids is 1. The van der Waals surface area contributed by atoms with E-state index in [-0.39, 0.29) is 16.9 Å². The number of carbonyl (C=O) groups is 1. The van der Waals surface area contributed by atoms with Crippen molar-refractivity contribution in [1.82, 2.24) is 4.57 Å². The maximum Gasteiger partial charge on any atom is 0.357 e. The lowest BCUT2D eigenvalue weighted by atomic mass is 10.1. The molecule has 6 nitrogen and oxygen atoms in total. The quantitative estimate of drug-likeness (QED) is 0.822. The number of rotatable bonds is 2. The predicted molar refractivity (Wildman–Crippen MR) is 72.6 cm³/mol. The average Bonchev–Trinajstić information content (AvgIpc) is 2.78. The molecule has 108 valence electrons. The number of phenols is 1. The van der Waals surface area contributed by atoms with Crippen LogP contribution in [0.4, 0.5) is 10.1 Å². The minimum absolute atomic E-state index is 0.0347. The summed E-state index contributed by atoms with van der Waals surface area (Å²) in [6, 6.07) is 4.13. The highest BCUT2D eigenvalue weighted by Crippen LogP contribution is 2.29. The Hall–Kier alpha value is -3.01. The van der Waals surface area contributed by atoms with Gasteiger partial charge in [0.2, 0.25) is 0 Å². The van der Waals surface area contributed by atoms with E-state index in [4.69, 9.17) is 11.0 Å². The minimum Gasteiger partial charge on any atom is -0.505 e. The number of esters is 1. The molecular weight excluding hydrogens is 277 g/mol. The van der Waals surface area contributed by atoms with Crippen molar-refractivity contribution in [1.29, 1.82) is 5.26 Å². The van der Waals surface area contributed by atoms with E-state index in [2.05, 4.69) is 4.74 Å². The number of anilines is 1. The number of nitrogens with two attached hydrogens (primary N) is 1. The molecule has 0 atom stereocenters. The van der Waals surface area contributed by atoms with Gasteiger partial charge < -0.3 is 20.1 Å². The number of methoxy groups -OCH3 is 1. The molecule has 0 aliphatic rings. The van der Waals surface area contributed by atoms with E-state index in [1.54, 1.807) is 6.92 Å². The molecule has 0 bridgehead atoms. The predicted octanol–water partition coefficient (Wildman–Crippen LogP) is 1.87. The maximum atomic E-state index is 13.3. The zero-order valence-corrected chi connectivity index (χ0v) is 11.3. The molecular formula is C14H12FN3O3. The van der Waals surface area contributed by atoms with Crippen molar-refractivity contribution < 1.29 is 19.0 Å². The first-order chi connectivity index (χ1) is 9.90. The van der Waals surface area contributed by atoms with Crippen molar-refractivity contribution in [2.75, 3.05) is 12.8 Å². The molecule has 2 rings (SSSR count). The molecule has 1 aromatic heterocycles. The van der Waals surface area contributed by atoms with E-state index in [0.29, 0.717) is 11.3 Å². The van der Waals surface area contributed by atoms with Crippen LogP contribution in [-0.2, 0) is 4.74 Å². The van der Waals surface area contributed by atoms with Gasteiger partial charge in [-0.05, 0) is 18.6 Å². The minimum atomic E-state index is -0.781. The molecule has 0 aliphatic carbocycles. The van der Waals surface area contributed by atoms with Crippen LogP contribution in [0, 0.1) is 24.1 Å². The Morgan fingerprint density at radius 3 is 2.76 bits per heavy atom. The second-order valence-corrected chi connectivity index (χ2v) is 4.37. The Balaban J connectivity index is 2.78. The number of nitrogens with zero attached hydrogens (tertiary/aromatic N) is 2. The third-order valence-electron chi connectivity index (χ3n) is 3.07. The third-order valence-corrected chi connectivity index (χ3v) is 3.07. The van der Waals surface area contributed by atoms with Crippen molar-refractivity contribution >= 4 is 11.7 Å². The molecule has 21 heavy (non-hydrogen) atoms. The molecule has 0 fully saturated rings. The largest absolute Gasteiger partial charge is 0.505 e. The lowest BCUT2D eigenvalue weighted by Gasteiger charge is -2.12. The summed E-state index contributed by atoms with van der Waals surface area (Å²) in [6.07, 6.45) is 1.33. The molecule has 0 amide bonds. The van der Waals surface area contributed by atoms with Crippen LogP contribution in [0.15, 0.2) is 18.3 Å². The van der Waals surface area contributed by atoms with Crippen LogP contribution in [0.3, 0.4) is 0 Å². The molecule has 0 radical (unpaired) electrons.